The number of anilines is 4. The molecule has 6 rings (SSSR count). The normalized spacial score (nSPS) is 20.6. The maximum Gasteiger partial charge on any atom is 0.234 e. The Bertz CT molecular complexity index is 1550. The topological polar surface area (TPSA) is 155 Å². The van der Waals surface area contributed by atoms with Crippen LogP contribution < -0.4 is 31.9 Å². The Morgan fingerprint density at radius 3 is 2.60 bits per heavy atom. The number of nitrogens with one attached hydrogen (secondary N) is 2. The van der Waals surface area contributed by atoms with Crippen LogP contribution in [-0.4, -0.2) is 65.0 Å². The number of rotatable bonds is 8. The van der Waals surface area contributed by atoms with Gasteiger partial charge in [-0.2, -0.15) is 0 Å². The summed E-state index contributed by atoms with van der Waals surface area (Å²) < 4.78 is 0. The van der Waals surface area contributed by atoms with E-state index in [1.165, 1.54) is 11.8 Å². The van der Waals surface area contributed by atoms with E-state index in [4.69, 9.17) is 23.1 Å². The van der Waals surface area contributed by atoms with E-state index in [-0.39, 0.29) is 23.3 Å². The first-order valence-corrected chi connectivity index (χ1v) is 16.7. The quantitative estimate of drug-likeness (QED) is 0.256. The fourth-order valence-corrected chi connectivity index (χ4v) is 7.28. The molecule has 1 atom stereocenters. The van der Waals surface area contributed by atoms with Crippen LogP contribution in [0.25, 0.3) is 0 Å². The van der Waals surface area contributed by atoms with Crippen molar-refractivity contribution in [2.24, 2.45) is 11.7 Å². The van der Waals surface area contributed by atoms with Gasteiger partial charge in [0.05, 0.1) is 34.7 Å². The van der Waals surface area contributed by atoms with Gasteiger partial charge in [-0.25, -0.2) is 9.97 Å². The third-order valence-electron chi connectivity index (χ3n) is 9.10. The van der Waals surface area contributed by atoms with Crippen molar-refractivity contribution in [2.45, 2.75) is 66.8 Å². The van der Waals surface area contributed by atoms with Crippen LogP contribution in [-0.2, 0) is 9.59 Å². The van der Waals surface area contributed by atoms with E-state index in [0.29, 0.717) is 34.6 Å². The number of amides is 2. The van der Waals surface area contributed by atoms with Gasteiger partial charge in [-0.1, -0.05) is 29.4 Å². The lowest BCUT2D eigenvalue weighted by Gasteiger charge is -2.37. The van der Waals surface area contributed by atoms with E-state index in [2.05, 4.69) is 42.3 Å². The second-order valence-electron chi connectivity index (χ2n) is 12.6. The van der Waals surface area contributed by atoms with Crippen LogP contribution in [0, 0.1) is 5.92 Å². The largest absolute Gasteiger partial charge is 0.384 e. The maximum atomic E-state index is 12.4. The number of aromatic nitrogens is 3. The van der Waals surface area contributed by atoms with Gasteiger partial charge in [-0.3, -0.25) is 19.9 Å². The number of carbonyl (C=O) groups is 2. The van der Waals surface area contributed by atoms with Gasteiger partial charge < -0.3 is 26.6 Å². The summed E-state index contributed by atoms with van der Waals surface area (Å²) in [5.74, 6) is 0.873. The Labute approximate surface area is 272 Å². The highest BCUT2D eigenvalue weighted by Gasteiger charge is 2.30. The Morgan fingerprint density at radius 1 is 1.09 bits per heavy atom. The van der Waals surface area contributed by atoms with Crippen LogP contribution in [0.15, 0.2) is 52.8 Å². The average Bonchev–Trinajstić information content (AvgIpc) is 3.03. The first-order chi connectivity index (χ1) is 21.6. The Balaban J connectivity index is 1.02. The molecule has 3 aliphatic heterocycles. The van der Waals surface area contributed by atoms with Crippen molar-refractivity contribution >= 4 is 58.2 Å². The predicted molar refractivity (Wildman–Crippen MR) is 179 cm³/mol. The van der Waals surface area contributed by atoms with Gasteiger partial charge >= 0.3 is 0 Å². The highest BCUT2D eigenvalue weighted by molar-refractivity contribution is 7.99. The number of nitrogen functional groups attached to an aromatic ring is 1. The molecular formula is C32H40ClN9O2S. The zero-order valence-electron chi connectivity index (χ0n) is 25.5. The number of hydrogen-bond acceptors (Lipinski definition) is 11. The molecule has 11 nitrogen and oxygen atoms in total. The monoisotopic (exact) mass is 649 g/mol. The molecule has 2 aromatic heterocycles. The maximum absolute atomic E-state index is 12.4. The highest BCUT2D eigenvalue weighted by atomic mass is 35.5. The van der Waals surface area contributed by atoms with Crippen LogP contribution in [0.3, 0.4) is 0 Å². The molecule has 0 radical (unpaired) electrons. The van der Waals surface area contributed by atoms with Gasteiger partial charge in [0.2, 0.25) is 11.8 Å². The summed E-state index contributed by atoms with van der Waals surface area (Å²) in [6.07, 6.45) is 10.1. The zero-order valence-corrected chi connectivity index (χ0v) is 27.0. The van der Waals surface area contributed by atoms with Crippen LogP contribution in [0.2, 0.25) is 5.02 Å². The molecule has 45 heavy (non-hydrogen) atoms. The molecule has 2 amide bonds. The van der Waals surface area contributed by atoms with Crippen molar-refractivity contribution in [3.63, 3.8) is 0 Å². The molecule has 0 aliphatic carbocycles. The van der Waals surface area contributed by atoms with Gasteiger partial charge in [0.25, 0.3) is 0 Å². The smallest absolute Gasteiger partial charge is 0.234 e. The summed E-state index contributed by atoms with van der Waals surface area (Å²) in [6, 6.07) is 7.99. The Hall–Kier alpha value is -3.61. The number of pyridine rings is 1. The van der Waals surface area contributed by atoms with E-state index < -0.39 is 0 Å². The summed E-state index contributed by atoms with van der Waals surface area (Å²) in [5.41, 5.74) is 15.2. The van der Waals surface area contributed by atoms with Gasteiger partial charge in [-0.05, 0) is 68.7 Å². The van der Waals surface area contributed by atoms with E-state index in [0.717, 1.165) is 86.1 Å². The molecule has 1 aromatic carbocycles. The second-order valence-corrected chi connectivity index (χ2v) is 14.0. The third kappa shape index (κ3) is 7.45. The first-order valence-electron chi connectivity index (χ1n) is 15.6. The lowest BCUT2D eigenvalue weighted by Crippen LogP contribution is -2.48. The van der Waals surface area contributed by atoms with Crippen LogP contribution >= 0.6 is 23.4 Å². The molecule has 13 heteroatoms. The van der Waals surface area contributed by atoms with E-state index in [9.17, 15) is 9.59 Å². The van der Waals surface area contributed by atoms with Crippen molar-refractivity contribution in [1.29, 1.82) is 0 Å². The van der Waals surface area contributed by atoms with E-state index in [1.54, 1.807) is 12.4 Å². The summed E-state index contributed by atoms with van der Waals surface area (Å²) in [4.78, 5) is 42.9. The summed E-state index contributed by atoms with van der Waals surface area (Å²) in [5, 5.41) is 7.27. The van der Waals surface area contributed by atoms with Crippen molar-refractivity contribution in [2.75, 3.05) is 53.6 Å². The lowest BCUT2D eigenvalue weighted by atomic mass is 9.91. The fraction of sp³-hybridized carbons (Fsp3) is 0.469. The van der Waals surface area contributed by atoms with Gasteiger partial charge in [0, 0.05) is 55.8 Å². The predicted octanol–water partition coefficient (Wildman–Crippen LogP) is 4.42. The average molecular weight is 650 g/mol. The van der Waals surface area contributed by atoms with E-state index in [1.807, 2.05) is 30.5 Å². The molecule has 5 heterocycles. The SMILES string of the molecule is CC1(N)CCN(c2cnc(Sc3cccc(NCC4CCN(c5cncc(C6CCC(=O)NC6=O)c5)CC4)c3Cl)c(N)n2)CC1. The number of nitrogens with two attached hydrogens (primary N) is 2. The lowest BCUT2D eigenvalue weighted by molar-refractivity contribution is -0.134. The van der Waals surface area contributed by atoms with Crippen molar-refractivity contribution in [3.05, 3.63) is 53.4 Å². The minimum Gasteiger partial charge on any atom is -0.384 e. The summed E-state index contributed by atoms with van der Waals surface area (Å²) in [7, 11) is 0. The zero-order chi connectivity index (χ0) is 31.6. The second kappa shape index (κ2) is 13.4. The van der Waals surface area contributed by atoms with Crippen molar-refractivity contribution in [1.82, 2.24) is 20.3 Å². The number of halogens is 1. The number of nitrogens with zero attached hydrogens (tertiary/aromatic N) is 5. The van der Waals surface area contributed by atoms with Crippen molar-refractivity contribution < 1.29 is 9.59 Å². The molecule has 3 aliphatic rings. The molecule has 3 aromatic rings. The molecule has 3 fully saturated rings. The van der Waals surface area contributed by atoms with Gasteiger partial charge in [0.15, 0.2) is 5.82 Å². The number of hydrogen-bond donors (Lipinski definition) is 4. The minimum atomic E-state index is -0.332. The molecule has 0 bridgehead atoms. The number of imide groups is 1. The van der Waals surface area contributed by atoms with Crippen LogP contribution in [0.4, 0.5) is 23.0 Å². The highest BCUT2D eigenvalue weighted by Crippen LogP contribution is 2.39. The molecular weight excluding hydrogens is 610 g/mol. The molecule has 0 saturated carbocycles. The van der Waals surface area contributed by atoms with Gasteiger partial charge in [-0.15, -0.1) is 0 Å². The molecule has 3 saturated heterocycles. The Morgan fingerprint density at radius 2 is 1.87 bits per heavy atom. The van der Waals surface area contributed by atoms with Crippen molar-refractivity contribution in [3.8, 4) is 0 Å². The summed E-state index contributed by atoms with van der Waals surface area (Å²) >= 11 is 8.27. The number of carbonyl (C=O) groups excluding carboxylic acids is 2. The molecule has 238 valence electrons. The van der Waals surface area contributed by atoms with Crippen LogP contribution in [0.1, 0.15) is 56.9 Å². The number of benzene rings is 1. The molecule has 6 N–H and O–H groups in total. The van der Waals surface area contributed by atoms with E-state index >= 15 is 0 Å². The third-order valence-corrected chi connectivity index (χ3v) is 10.7. The van der Waals surface area contributed by atoms with Crippen LogP contribution in [0.5, 0.6) is 0 Å². The van der Waals surface area contributed by atoms with Gasteiger partial charge in [0.1, 0.15) is 10.8 Å². The minimum absolute atomic E-state index is 0.135. The summed E-state index contributed by atoms with van der Waals surface area (Å²) in [6.45, 7) is 6.36. The fourth-order valence-electron chi connectivity index (χ4n) is 6.16. The number of piperidine rings is 3. The Kier molecular flexibility index (Phi) is 9.34. The molecule has 1 unspecified atom stereocenters. The first kappa shape index (κ1) is 31.4. The standard InChI is InChI=1S/C32H40ClN9O2S/c1-32(35)9-13-42(14-10-32)26-19-38-31(29(34)39-26)45-25-4-2-3-24(28(25)33)37-16-20-7-11-41(12-8-20)22-15-21(17-36-18-22)23-5-6-27(43)40-30(23)44/h2-4,15,17-20,23,37H,5-14,16,35H2,1H3,(H2,34,39)(H,40,43,44). The molecule has 0 spiro atoms.